The molecular formula is C9H8BrN3OS. The van der Waals surface area contributed by atoms with Gasteiger partial charge in [0.2, 0.25) is 0 Å². The zero-order chi connectivity index (χ0) is 10.8. The number of anilines is 1. The number of nitrogens with zero attached hydrogens (tertiary/aromatic N) is 2. The Hall–Kier alpha value is -1.14. The minimum atomic E-state index is -0.0998. The third-order valence-corrected chi connectivity index (χ3v) is 3.08. The zero-order valence-electron chi connectivity index (χ0n) is 7.68. The van der Waals surface area contributed by atoms with E-state index in [-0.39, 0.29) is 5.56 Å². The smallest absolute Gasteiger partial charge is 0.265 e. The SMILES string of the molecule is Nc1cc(Br)c(=O)n(Cc2cscn2)c1. The van der Waals surface area contributed by atoms with Crippen molar-refractivity contribution in [2.45, 2.75) is 6.54 Å². The summed E-state index contributed by atoms with van der Waals surface area (Å²) >= 11 is 4.67. The molecule has 0 aliphatic heterocycles. The van der Waals surface area contributed by atoms with Crippen molar-refractivity contribution in [1.82, 2.24) is 9.55 Å². The van der Waals surface area contributed by atoms with E-state index < -0.39 is 0 Å². The van der Waals surface area contributed by atoms with E-state index in [1.807, 2.05) is 5.38 Å². The molecule has 2 aromatic rings. The van der Waals surface area contributed by atoms with Crippen LogP contribution in [0.5, 0.6) is 0 Å². The number of nitrogen functional groups attached to an aromatic ring is 1. The van der Waals surface area contributed by atoms with Crippen molar-refractivity contribution in [2.24, 2.45) is 0 Å². The summed E-state index contributed by atoms with van der Waals surface area (Å²) in [5.41, 5.74) is 8.70. The quantitative estimate of drug-likeness (QED) is 0.914. The summed E-state index contributed by atoms with van der Waals surface area (Å²) < 4.78 is 2.01. The van der Waals surface area contributed by atoms with E-state index in [1.165, 1.54) is 15.9 Å². The summed E-state index contributed by atoms with van der Waals surface area (Å²) in [6, 6.07) is 1.60. The van der Waals surface area contributed by atoms with E-state index in [2.05, 4.69) is 20.9 Å². The van der Waals surface area contributed by atoms with Crippen LogP contribution in [0.25, 0.3) is 0 Å². The van der Waals surface area contributed by atoms with Crippen LogP contribution in [0.3, 0.4) is 0 Å². The van der Waals surface area contributed by atoms with Gasteiger partial charge in [-0.05, 0) is 22.0 Å². The van der Waals surface area contributed by atoms with Gasteiger partial charge in [-0.15, -0.1) is 11.3 Å². The average molecular weight is 286 g/mol. The van der Waals surface area contributed by atoms with Gasteiger partial charge in [-0.3, -0.25) is 4.79 Å². The molecule has 4 nitrogen and oxygen atoms in total. The van der Waals surface area contributed by atoms with Gasteiger partial charge >= 0.3 is 0 Å². The fourth-order valence-corrected chi connectivity index (χ4v) is 2.27. The highest BCUT2D eigenvalue weighted by molar-refractivity contribution is 9.10. The normalized spacial score (nSPS) is 10.5. The molecule has 0 amide bonds. The molecule has 6 heteroatoms. The molecule has 15 heavy (non-hydrogen) atoms. The molecule has 0 bridgehead atoms. The van der Waals surface area contributed by atoms with Crippen LogP contribution in [-0.4, -0.2) is 9.55 Å². The Morgan fingerprint density at radius 3 is 3.07 bits per heavy atom. The summed E-state index contributed by atoms with van der Waals surface area (Å²) in [6.45, 7) is 0.450. The maximum absolute atomic E-state index is 11.7. The summed E-state index contributed by atoms with van der Waals surface area (Å²) in [6.07, 6.45) is 1.62. The first-order chi connectivity index (χ1) is 7.16. The van der Waals surface area contributed by atoms with Gasteiger partial charge in [0.25, 0.3) is 5.56 Å². The Morgan fingerprint density at radius 1 is 1.60 bits per heavy atom. The number of aromatic nitrogens is 2. The Labute approximate surface area is 98.5 Å². The van der Waals surface area contributed by atoms with Crippen molar-refractivity contribution in [1.29, 1.82) is 0 Å². The molecule has 0 unspecified atom stereocenters. The molecule has 2 aromatic heterocycles. The van der Waals surface area contributed by atoms with E-state index in [4.69, 9.17) is 5.73 Å². The highest BCUT2D eigenvalue weighted by Crippen LogP contribution is 2.10. The van der Waals surface area contributed by atoms with Crippen molar-refractivity contribution < 1.29 is 0 Å². The number of hydrogen-bond donors (Lipinski definition) is 1. The Kier molecular flexibility index (Phi) is 2.88. The van der Waals surface area contributed by atoms with Crippen molar-refractivity contribution in [2.75, 3.05) is 5.73 Å². The van der Waals surface area contributed by atoms with Crippen molar-refractivity contribution in [3.05, 3.63) is 43.7 Å². The minimum absolute atomic E-state index is 0.0998. The maximum atomic E-state index is 11.7. The highest BCUT2D eigenvalue weighted by Gasteiger charge is 2.04. The fourth-order valence-electron chi connectivity index (χ4n) is 1.23. The number of thiazole rings is 1. The van der Waals surface area contributed by atoms with Crippen LogP contribution in [0.1, 0.15) is 5.69 Å². The van der Waals surface area contributed by atoms with Gasteiger partial charge in [0.1, 0.15) is 0 Å². The average Bonchev–Trinajstić information content (AvgIpc) is 2.66. The fraction of sp³-hybridized carbons (Fsp3) is 0.111. The van der Waals surface area contributed by atoms with Gasteiger partial charge in [0.15, 0.2) is 0 Å². The van der Waals surface area contributed by atoms with Crippen molar-refractivity contribution >= 4 is 33.0 Å². The van der Waals surface area contributed by atoms with Crippen LogP contribution in [0.15, 0.2) is 32.4 Å². The molecule has 2 rings (SSSR count). The molecule has 78 valence electrons. The van der Waals surface area contributed by atoms with Crippen molar-refractivity contribution in [3.8, 4) is 0 Å². The molecule has 0 saturated carbocycles. The van der Waals surface area contributed by atoms with Crippen LogP contribution in [0.2, 0.25) is 0 Å². The first-order valence-corrected chi connectivity index (χ1v) is 5.93. The summed E-state index contributed by atoms with van der Waals surface area (Å²) in [4.78, 5) is 15.8. The molecule has 0 aliphatic rings. The summed E-state index contributed by atoms with van der Waals surface area (Å²) in [5, 5.41) is 1.91. The minimum Gasteiger partial charge on any atom is -0.398 e. The van der Waals surface area contributed by atoms with Gasteiger partial charge < -0.3 is 10.3 Å². The molecule has 0 aliphatic carbocycles. The van der Waals surface area contributed by atoms with E-state index >= 15 is 0 Å². The molecular weight excluding hydrogens is 278 g/mol. The van der Waals surface area contributed by atoms with Crippen molar-refractivity contribution in [3.63, 3.8) is 0 Å². The third-order valence-electron chi connectivity index (χ3n) is 1.88. The molecule has 0 aromatic carbocycles. The first-order valence-electron chi connectivity index (χ1n) is 4.19. The third kappa shape index (κ3) is 2.27. The lowest BCUT2D eigenvalue weighted by atomic mass is 10.4. The molecule has 0 atom stereocenters. The molecule has 0 saturated heterocycles. The van der Waals surface area contributed by atoms with Gasteiger partial charge in [0, 0.05) is 17.3 Å². The first kappa shape index (κ1) is 10.4. The molecule has 2 heterocycles. The molecule has 0 fully saturated rings. The number of nitrogens with two attached hydrogens (primary N) is 1. The number of halogens is 1. The predicted octanol–water partition coefficient (Wildman–Crippen LogP) is 1.70. The van der Waals surface area contributed by atoms with Crippen LogP contribution >= 0.6 is 27.3 Å². The number of pyridine rings is 1. The van der Waals surface area contributed by atoms with Crippen LogP contribution < -0.4 is 11.3 Å². The monoisotopic (exact) mass is 285 g/mol. The maximum Gasteiger partial charge on any atom is 0.265 e. The van der Waals surface area contributed by atoms with E-state index in [1.54, 1.807) is 17.8 Å². The lowest BCUT2D eigenvalue weighted by Crippen LogP contribution is -2.21. The van der Waals surface area contributed by atoms with Gasteiger partial charge in [0.05, 0.1) is 22.2 Å². The highest BCUT2D eigenvalue weighted by atomic mass is 79.9. The summed E-state index contributed by atoms with van der Waals surface area (Å²) in [5.74, 6) is 0. The van der Waals surface area contributed by atoms with Gasteiger partial charge in [-0.1, -0.05) is 0 Å². The standard InChI is InChI=1S/C9H8BrN3OS/c10-8-1-6(11)2-13(9(8)14)3-7-4-15-5-12-7/h1-2,4-5H,3,11H2. The Bertz CT molecular complexity index is 521. The lowest BCUT2D eigenvalue weighted by Gasteiger charge is -2.05. The van der Waals surface area contributed by atoms with Gasteiger partial charge in [-0.25, -0.2) is 4.98 Å². The lowest BCUT2D eigenvalue weighted by molar-refractivity contribution is 0.742. The Balaban J connectivity index is 2.41. The molecule has 0 radical (unpaired) electrons. The summed E-state index contributed by atoms with van der Waals surface area (Å²) in [7, 11) is 0. The second-order valence-corrected chi connectivity index (χ2v) is 4.61. The second-order valence-electron chi connectivity index (χ2n) is 3.03. The second kappa shape index (κ2) is 4.16. The number of hydrogen-bond acceptors (Lipinski definition) is 4. The van der Waals surface area contributed by atoms with Crippen LogP contribution in [-0.2, 0) is 6.54 Å². The van der Waals surface area contributed by atoms with E-state index in [0.717, 1.165) is 5.69 Å². The van der Waals surface area contributed by atoms with Crippen LogP contribution in [0, 0.1) is 0 Å². The van der Waals surface area contributed by atoms with Crippen LogP contribution in [0.4, 0.5) is 5.69 Å². The van der Waals surface area contributed by atoms with E-state index in [0.29, 0.717) is 16.7 Å². The Morgan fingerprint density at radius 2 is 2.40 bits per heavy atom. The number of rotatable bonds is 2. The molecule has 0 spiro atoms. The van der Waals surface area contributed by atoms with E-state index in [9.17, 15) is 4.79 Å². The molecule has 2 N–H and O–H groups in total. The topological polar surface area (TPSA) is 60.9 Å². The van der Waals surface area contributed by atoms with Gasteiger partial charge in [-0.2, -0.15) is 0 Å². The predicted molar refractivity (Wildman–Crippen MR) is 64.0 cm³/mol. The largest absolute Gasteiger partial charge is 0.398 e. The zero-order valence-corrected chi connectivity index (χ0v) is 10.1.